The molecule has 1 aromatic rings. The van der Waals surface area contributed by atoms with Crippen molar-refractivity contribution in [2.45, 2.75) is 6.92 Å². The van der Waals surface area contributed by atoms with Gasteiger partial charge in [0.1, 0.15) is 11.6 Å². The van der Waals surface area contributed by atoms with E-state index in [2.05, 4.69) is 4.98 Å². The third-order valence-corrected chi connectivity index (χ3v) is 3.47. The van der Waals surface area contributed by atoms with Crippen molar-refractivity contribution >= 4 is 46.6 Å². The molecule has 0 aliphatic heterocycles. The van der Waals surface area contributed by atoms with Crippen LogP contribution in [0.4, 0.5) is 0 Å². The van der Waals surface area contributed by atoms with Gasteiger partial charge in [-0.1, -0.05) is 34.8 Å². The van der Waals surface area contributed by atoms with E-state index in [1.165, 1.54) is 6.92 Å². The molecule has 1 rings (SSSR count). The van der Waals surface area contributed by atoms with E-state index in [1.54, 1.807) is 6.07 Å². The molecule has 6 nitrogen and oxygen atoms in total. The maximum absolute atomic E-state index is 11.8. The Morgan fingerprint density at radius 3 is 2.52 bits per heavy atom. The number of ether oxygens (including phenoxy) is 1. The monoisotopic (exact) mass is 347 g/mol. The van der Waals surface area contributed by atoms with Crippen LogP contribution in [0.3, 0.4) is 0 Å². The molecule has 0 fully saturated rings. The summed E-state index contributed by atoms with van der Waals surface area (Å²) in [5.41, 5.74) is 4.82. The second kappa shape index (κ2) is 7.27. The Bertz CT molecular complexity index is 676. The normalized spacial score (nSPS) is 11.4. The van der Waals surface area contributed by atoms with Crippen LogP contribution in [0.15, 0.2) is 17.5 Å². The quantitative estimate of drug-likeness (QED) is 0.509. The molecule has 0 amide bonds. The maximum Gasteiger partial charge on any atom is 0.358 e. The number of aromatic nitrogens is 1. The Balaban J connectivity index is 2.86. The number of Topliss-reactive ketones (excluding diaryl/α,β-unsaturated/α-hetero) is 1. The Hall–Kier alpha value is -1.81. The lowest BCUT2D eigenvalue weighted by Crippen LogP contribution is -2.18. The fraction of sp³-hybridized carbons (Fsp3) is 0.167. The molecular formula is C12H8Cl3N3O3. The lowest BCUT2D eigenvalue weighted by Gasteiger charge is -2.06. The summed E-state index contributed by atoms with van der Waals surface area (Å²) in [6.07, 6.45) is 1.12. The number of carbonyl (C=O) groups is 2. The first kappa shape index (κ1) is 17.2. The molecule has 2 N–H and O–H groups in total. The van der Waals surface area contributed by atoms with Crippen LogP contribution < -0.4 is 5.73 Å². The number of nitrogens with zero attached hydrogens (tertiary/aromatic N) is 2. The summed E-state index contributed by atoms with van der Waals surface area (Å²) in [5, 5.41) is 8.58. The van der Waals surface area contributed by atoms with Crippen LogP contribution in [0.2, 0.25) is 15.1 Å². The zero-order valence-electron chi connectivity index (χ0n) is 10.6. The summed E-state index contributed by atoms with van der Waals surface area (Å²) in [4.78, 5) is 27.1. The number of esters is 1. The van der Waals surface area contributed by atoms with Gasteiger partial charge in [0, 0.05) is 11.9 Å². The van der Waals surface area contributed by atoms with E-state index in [0.717, 1.165) is 6.20 Å². The molecule has 0 unspecified atom stereocenters. The predicted molar refractivity (Wildman–Crippen MR) is 77.1 cm³/mol. The number of carbonyl (C=O) groups excluding carboxylic acids is 2. The highest BCUT2D eigenvalue weighted by Crippen LogP contribution is 2.31. The third kappa shape index (κ3) is 4.08. The molecule has 110 valence electrons. The second-order valence-corrected chi connectivity index (χ2v) is 4.91. The average Bonchev–Trinajstić information content (AvgIpc) is 2.42. The molecule has 0 atom stereocenters. The fourth-order valence-corrected chi connectivity index (χ4v) is 1.79. The van der Waals surface area contributed by atoms with E-state index in [0.29, 0.717) is 0 Å². The van der Waals surface area contributed by atoms with Crippen LogP contribution in [0.5, 0.6) is 0 Å². The predicted octanol–water partition coefficient (Wildman–Crippen LogP) is 2.52. The summed E-state index contributed by atoms with van der Waals surface area (Å²) in [6, 6.07) is 1.63. The largest absolute Gasteiger partial charge is 0.452 e. The van der Waals surface area contributed by atoms with Gasteiger partial charge >= 0.3 is 5.97 Å². The van der Waals surface area contributed by atoms with Gasteiger partial charge in [-0.3, -0.25) is 4.79 Å². The van der Waals surface area contributed by atoms with Gasteiger partial charge in [-0.05, 0) is 6.92 Å². The van der Waals surface area contributed by atoms with Crippen LogP contribution in [0.25, 0.3) is 0 Å². The van der Waals surface area contributed by atoms with E-state index >= 15 is 0 Å². The van der Waals surface area contributed by atoms with E-state index < -0.39 is 18.4 Å². The number of nitriles is 1. The highest BCUT2D eigenvalue weighted by atomic mass is 35.5. The summed E-state index contributed by atoms with van der Waals surface area (Å²) < 4.78 is 4.72. The van der Waals surface area contributed by atoms with Crippen molar-refractivity contribution in [1.29, 1.82) is 5.26 Å². The van der Waals surface area contributed by atoms with Gasteiger partial charge in [-0.15, -0.1) is 0 Å². The summed E-state index contributed by atoms with van der Waals surface area (Å²) in [7, 11) is 0. The number of allylic oxidation sites excluding steroid dienone is 1. The van der Waals surface area contributed by atoms with E-state index in [-0.39, 0.29) is 32.0 Å². The van der Waals surface area contributed by atoms with E-state index in [1.807, 2.05) is 0 Å². The third-order valence-electron chi connectivity index (χ3n) is 2.23. The van der Waals surface area contributed by atoms with Gasteiger partial charge in [-0.2, -0.15) is 5.26 Å². The highest BCUT2D eigenvalue weighted by molar-refractivity contribution is 6.48. The minimum absolute atomic E-state index is 0.0317. The highest BCUT2D eigenvalue weighted by Gasteiger charge is 2.20. The Kier molecular flexibility index (Phi) is 5.97. The van der Waals surface area contributed by atoms with Gasteiger partial charge in [0.05, 0.1) is 15.1 Å². The average molecular weight is 349 g/mol. The van der Waals surface area contributed by atoms with Crippen molar-refractivity contribution in [2.75, 3.05) is 6.61 Å². The molecule has 0 bridgehead atoms. The Morgan fingerprint density at radius 1 is 1.38 bits per heavy atom. The number of pyridine rings is 1. The Labute approximate surface area is 135 Å². The first-order valence-electron chi connectivity index (χ1n) is 5.35. The first-order chi connectivity index (χ1) is 9.79. The lowest BCUT2D eigenvalue weighted by molar-refractivity contribution is -0.118. The van der Waals surface area contributed by atoms with Crippen LogP contribution in [-0.4, -0.2) is 23.3 Å². The van der Waals surface area contributed by atoms with Crippen molar-refractivity contribution in [3.8, 4) is 6.07 Å². The number of halogens is 3. The number of rotatable bonds is 4. The Morgan fingerprint density at radius 2 is 2.00 bits per heavy atom. The van der Waals surface area contributed by atoms with E-state index in [9.17, 15) is 9.59 Å². The van der Waals surface area contributed by atoms with Crippen molar-refractivity contribution in [3.63, 3.8) is 0 Å². The van der Waals surface area contributed by atoms with Crippen molar-refractivity contribution in [2.24, 2.45) is 5.73 Å². The second-order valence-electron chi connectivity index (χ2n) is 3.75. The van der Waals surface area contributed by atoms with Gasteiger partial charge < -0.3 is 10.5 Å². The molecule has 0 saturated heterocycles. The maximum atomic E-state index is 11.8. The molecule has 0 aliphatic rings. The molecule has 1 heterocycles. The molecule has 0 aromatic carbocycles. The van der Waals surface area contributed by atoms with Gasteiger partial charge in [-0.25, -0.2) is 9.78 Å². The fourth-order valence-electron chi connectivity index (χ4n) is 1.23. The number of hydrogen-bond donors (Lipinski definition) is 1. The number of nitrogens with two attached hydrogens (primary N) is 1. The van der Waals surface area contributed by atoms with Crippen LogP contribution in [0, 0.1) is 11.3 Å². The van der Waals surface area contributed by atoms with Gasteiger partial charge in [0.15, 0.2) is 12.3 Å². The molecular weight excluding hydrogens is 341 g/mol. The lowest BCUT2D eigenvalue weighted by atomic mass is 10.1. The van der Waals surface area contributed by atoms with Crippen LogP contribution in [-0.2, 0) is 9.53 Å². The zero-order chi connectivity index (χ0) is 16.2. The molecule has 0 saturated carbocycles. The zero-order valence-corrected chi connectivity index (χ0v) is 12.9. The standard InChI is InChI=1S/C12H8Cl3N3O3/c1-5(17)6(2-16)8(19)4-21-12(20)11-10(15)9(14)7(13)3-18-11/h3H,4,17H2,1H3/b6-5+. The number of hydrogen-bond acceptors (Lipinski definition) is 6. The molecule has 1 aromatic heterocycles. The van der Waals surface area contributed by atoms with Gasteiger partial charge in [0.25, 0.3) is 0 Å². The van der Waals surface area contributed by atoms with Crippen molar-refractivity contribution in [3.05, 3.63) is 38.2 Å². The molecule has 0 spiro atoms. The van der Waals surface area contributed by atoms with E-state index in [4.69, 9.17) is 50.5 Å². The van der Waals surface area contributed by atoms with Crippen LogP contribution >= 0.6 is 34.8 Å². The smallest absolute Gasteiger partial charge is 0.358 e. The van der Waals surface area contributed by atoms with Crippen molar-refractivity contribution in [1.82, 2.24) is 4.98 Å². The first-order valence-corrected chi connectivity index (χ1v) is 6.49. The SMILES string of the molecule is C/C(N)=C(/C#N)C(=O)COC(=O)c1ncc(Cl)c(Cl)c1Cl. The summed E-state index contributed by atoms with van der Waals surface area (Å²) in [5.74, 6) is -1.71. The summed E-state index contributed by atoms with van der Waals surface area (Å²) in [6.45, 7) is 0.712. The van der Waals surface area contributed by atoms with Gasteiger partial charge in [0.2, 0.25) is 5.78 Å². The molecule has 0 radical (unpaired) electrons. The molecule has 9 heteroatoms. The number of ketones is 1. The molecule has 21 heavy (non-hydrogen) atoms. The topological polar surface area (TPSA) is 106 Å². The van der Waals surface area contributed by atoms with Crippen molar-refractivity contribution < 1.29 is 14.3 Å². The summed E-state index contributed by atoms with van der Waals surface area (Å²) >= 11 is 17.2. The van der Waals surface area contributed by atoms with Crippen LogP contribution in [0.1, 0.15) is 17.4 Å². The molecule has 0 aliphatic carbocycles. The minimum atomic E-state index is -0.973. The minimum Gasteiger partial charge on any atom is -0.452 e.